The Kier molecular flexibility index (Phi) is 7.17. The smallest absolute Gasteiger partial charge is 0.308 e. The average molecular weight is 387 g/mol. The van der Waals surface area contributed by atoms with Crippen LogP contribution >= 0.6 is 0 Å². The van der Waals surface area contributed by atoms with Gasteiger partial charge in [-0.2, -0.15) is 0 Å². The topological polar surface area (TPSA) is 47.9 Å². The molecule has 0 saturated heterocycles. The maximum Gasteiger partial charge on any atom is 0.308 e. The second-order valence-corrected chi connectivity index (χ2v) is 6.51. The Bertz CT molecular complexity index is 893. The maximum atomic E-state index is 12.3. The van der Waals surface area contributed by atoms with Crippen molar-refractivity contribution in [1.29, 1.82) is 0 Å². The highest BCUT2D eigenvalue weighted by atomic mass is 16.5. The lowest BCUT2D eigenvalue weighted by Crippen LogP contribution is -2.12. The molecule has 3 aromatic carbocycles. The standard InChI is InChI=1S/C25H25NO3/c1-3-29-24(27)18-23(19-14-16-22(28-2)17-15-19)26-25(20-10-6-4-7-11-20)21-12-8-5-9-13-21/h4-17,23H,3,18H2,1-2H3. The van der Waals surface area contributed by atoms with Crippen molar-refractivity contribution in [3.8, 4) is 5.75 Å². The van der Waals surface area contributed by atoms with Crippen molar-refractivity contribution in [2.24, 2.45) is 4.99 Å². The van der Waals surface area contributed by atoms with Gasteiger partial charge in [0, 0.05) is 11.1 Å². The van der Waals surface area contributed by atoms with Gasteiger partial charge in [0.15, 0.2) is 0 Å². The molecule has 0 fully saturated rings. The van der Waals surface area contributed by atoms with E-state index in [1.165, 1.54) is 0 Å². The van der Waals surface area contributed by atoms with E-state index < -0.39 is 0 Å². The van der Waals surface area contributed by atoms with E-state index in [1.807, 2.05) is 91.9 Å². The SMILES string of the molecule is CCOC(=O)CC(N=C(c1ccccc1)c1ccccc1)c1ccc(OC)cc1. The number of rotatable bonds is 8. The summed E-state index contributed by atoms with van der Waals surface area (Å²) in [6.45, 7) is 2.16. The number of aliphatic imine (C=N–C) groups is 1. The molecule has 3 aromatic rings. The van der Waals surface area contributed by atoms with Crippen molar-refractivity contribution in [1.82, 2.24) is 0 Å². The van der Waals surface area contributed by atoms with E-state index in [1.54, 1.807) is 7.11 Å². The van der Waals surface area contributed by atoms with E-state index >= 15 is 0 Å². The molecule has 0 aliphatic heterocycles. The number of methoxy groups -OCH3 is 1. The van der Waals surface area contributed by atoms with Crippen LogP contribution in [-0.2, 0) is 9.53 Å². The third-order valence-corrected chi connectivity index (χ3v) is 4.55. The van der Waals surface area contributed by atoms with Crippen LogP contribution in [0.15, 0.2) is 89.9 Å². The molecule has 0 N–H and O–H groups in total. The molecular weight excluding hydrogens is 362 g/mol. The first-order valence-electron chi connectivity index (χ1n) is 9.69. The molecule has 0 aromatic heterocycles. The fraction of sp³-hybridized carbons (Fsp3) is 0.200. The Hall–Kier alpha value is -3.40. The molecule has 3 rings (SSSR count). The van der Waals surface area contributed by atoms with E-state index in [2.05, 4.69) is 0 Å². The number of esters is 1. The second-order valence-electron chi connectivity index (χ2n) is 6.51. The van der Waals surface area contributed by atoms with Crippen LogP contribution < -0.4 is 4.74 Å². The Labute approximate surface area is 171 Å². The van der Waals surface area contributed by atoms with Crippen LogP contribution in [0.25, 0.3) is 0 Å². The van der Waals surface area contributed by atoms with Crippen LogP contribution in [0, 0.1) is 0 Å². The second kappa shape index (κ2) is 10.2. The number of hydrogen-bond donors (Lipinski definition) is 0. The summed E-state index contributed by atoms with van der Waals surface area (Å²) in [5, 5.41) is 0. The normalized spacial score (nSPS) is 11.4. The first-order valence-corrected chi connectivity index (χ1v) is 9.69. The summed E-state index contributed by atoms with van der Waals surface area (Å²) < 4.78 is 10.5. The molecule has 0 heterocycles. The quantitative estimate of drug-likeness (QED) is 0.393. The minimum Gasteiger partial charge on any atom is -0.497 e. The van der Waals surface area contributed by atoms with Crippen LogP contribution in [-0.4, -0.2) is 25.4 Å². The molecule has 29 heavy (non-hydrogen) atoms. The van der Waals surface area contributed by atoms with Crippen LogP contribution in [0.5, 0.6) is 5.75 Å². The number of benzene rings is 3. The fourth-order valence-corrected chi connectivity index (χ4v) is 3.11. The number of carbonyl (C=O) groups excluding carboxylic acids is 1. The number of carbonyl (C=O) groups is 1. The van der Waals surface area contributed by atoms with Gasteiger partial charge in [-0.1, -0.05) is 72.8 Å². The summed E-state index contributed by atoms with van der Waals surface area (Å²) in [7, 11) is 1.63. The van der Waals surface area contributed by atoms with Gasteiger partial charge in [0.2, 0.25) is 0 Å². The van der Waals surface area contributed by atoms with Crippen molar-refractivity contribution in [2.45, 2.75) is 19.4 Å². The predicted octanol–water partition coefficient (Wildman–Crippen LogP) is 5.23. The third-order valence-electron chi connectivity index (χ3n) is 4.55. The number of nitrogens with zero attached hydrogens (tertiary/aromatic N) is 1. The molecule has 1 atom stereocenters. The van der Waals surface area contributed by atoms with Crippen LogP contribution in [0.4, 0.5) is 0 Å². The Morgan fingerprint density at radius 3 is 1.90 bits per heavy atom. The summed E-state index contributed by atoms with van der Waals surface area (Å²) in [5.41, 5.74) is 3.78. The van der Waals surface area contributed by atoms with Crippen molar-refractivity contribution in [2.75, 3.05) is 13.7 Å². The van der Waals surface area contributed by atoms with Crippen molar-refractivity contribution in [3.05, 3.63) is 102 Å². The Morgan fingerprint density at radius 1 is 0.862 bits per heavy atom. The summed E-state index contributed by atoms with van der Waals surface area (Å²) >= 11 is 0. The highest BCUT2D eigenvalue weighted by Gasteiger charge is 2.19. The molecule has 0 aliphatic rings. The molecule has 0 saturated carbocycles. The monoisotopic (exact) mass is 387 g/mol. The fourth-order valence-electron chi connectivity index (χ4n) is 3.11. The van der Waals surface area contributed by atoms with E-state index in [0.717, 1.165) is 28.2 Å². The van der Waals surface area contributed by atoms with E-state index in [4.69, 9.17) is 14.5 Å². The highest BCUT2D eigenvalue weighted by molar-refractivity contribution is 6.13. The van der Waals surface area contributed by atoms with Gasteiger partial charge < -0.3 is 9.47 Å². The molecule has 1 unspecified atom stereocenters. The van der Waals surface area contributed by atoms with Gasteiger partial charge >= 0.3 is 5.97 Å². The van der Waals surface area contributed by atoms with Crippen molar-refractivity contribution in [3.63, 3.8) is 0 Å². The summed E-state index contributed by atoms with van der Waals surface area (Å²) in [6.07, 6.45) is 0.170. The molecule has 0 radical (unpaired) electrons. The zero-order valence-electron chi connectivity index (χ0n) is 16.7. The Balaban J connectivity index is 2.06. The highest BCUT2D eigenvalue weighted by Crippen LogP contribution is 2.26. The van der Waals surface area contributed by atoms with Gasteiger partial charge in [0.1, 0.15) is 5.75 Å². The van der Waals surface area contributed by atoms with E-state index in [0.29, 0.717) is 6.61 Å². The lowest BCUT2D eigenvalue weighted by molar-refractivity contribution is -0.143. The molecule has 0 amide bonds. The van der Waals surface area contributed by atoms with E-state index in [-0.39, 0.29) is 18.4 Å². The van der Waals surface area contributed by atoms with Gasteiger partial charge in [-0.05, 0) is 24.6 Å². The van der Waals surface area contributed by atoms with Crippen molar-refractivity contribution >= 4 is 11.7 Å². The van der Waals surface area contributed by atoms with Gasteiger partial charge in [-0.15, -0.1) is 0 Å². The van der Waals surface area contributed by atoms with Crippen LogP contribution in [0.3, 0.4) is 0 Å². The maximum absolute atomic E-state index is 12.3. The summed E-state index contributed by atoms with van der Waals surface area (Å²) in [6, 6.07) is 27.3. The third kappa shape index (κ3) is 5.55. The van der Waals surface area contributed by atoms with Gasteiger partial charge in [0.25, 0.3) is 0 Å². The molecule has 0 aliphatic carbocycles. The van der Waals surface area contributed by atoms with Crippen LogP contribution in [0.2, 0.25) is 0 Å². The van der Waals surface area contributed by atoms with Crippen LogP contribution in [0.1, 0.15) is 36.1 Å². The predicted molar refractivity (Wildman–Crippen MR) is 116 cm³/mol. The first kappa shape index (κ1) is 20.3. The molecule has 4 nitrogen and oxygen atoms in total. The van der Waals surface area contributed by atoms with Gasteiger partial charge in [0.05, 0.1) is 31.9 Å². The molecule has 4 heteroatoms. The van der Waals surface area contributed by atoms with Gasteiger partial charge in [-0.3, -0.25) is 9.79 Å². The average Bonchev–Trinajstić information content (AvgIpc) is 2.78. The van der Waals surface area contributed by atoms with Gasteiger partial charge in [-0.25, -0.2) is 0 Å². The first-order chi connectivity index (χ1) is 14.2. The van der Waals surface area contributed by atoms with Crippen molar-refractivity contribution < 1.29 is 14.3 Å². The molecular formula is C25H25NO3. The zero-order valence-corrected chi connectivity index (χ0v) is 16.7. The largest absolute Gasteiger partial charge is 0.497 e. The molecule has 148 valence electrons. The van der Waals surface area contributed by atoms with E-state index in [9.17, 15) is 4.79 Å². The summed E-state index contributed by atoms with van der Waals surface area (Å²) in [5.74, 6) is 0.497. The minimum absolute atomic E-state index is 0.170. The summed E-state index contributed by atoms with van der Waals surface area (Å²) in [4.78, 5) is 17.3. The molecule has 0 spiro atoms. The minimum atomic E-state index is -0.365. The number of hydrogen-bond acceptors (Lipinski definition) is 4. The zero-order chi connectivity index (χ0) is 20.5. The molecule has 0 bridgehead atoms. The number of ether oxygens (including phenoxy) is 2. The lowest BCUT2D eigenvalue weighted by atomic mass is 9.99. The Morgan fingerprint density at radius 2 is 1.41 bits per heavy atom. The lowest BCUT2D eigenvalue weighted by Gasteiger charge is -2.16.